The predicted octanol–water partition coefficient (Wildman–Crippen LogP) is -0.570. The summed E-state index contributed by atoms with van der Waals surface area (Å²) in [6.07, 6.45) is -4.46. The van der Waals surface area contributed by atoms with Gasteiger partial charge in [0.15, 0.2) is 12.6 Å². The van der Waals surface area contributed by atoms with Crippen molar-refractivity contribution in [3.05, 3.63) is 11.6 Å². The first-order chi connectivity index (χ1) is 25.4. The third-order valence-electron chi connectivity index (χ3n) is 14.6. The predicted molar refractivity (Wildman–Crippen MR) is 185 cm³/mol. The first kappa shape index (κ1) is 41.8. The lowest BCUT2D eigenvalue weighted by Gasteiger charge is -2.65. The number of carbonyl (C=O) groups is 2. The first-order valence-electron chi connectivity index (χ1n) is 19.4. The van der Waals surface area contributed by atoms with E-state index in [9.17, 15) is 24.9 Å². The van der Waals surface area contributed by atoms with Gasteiger partial charge in [0, 0.05) is 37.4 Å². The standard InChI is InChI=1S/C32H48O10.C6H12O6/c1-16-26(35)28(38-5)27(36)29(40-16)42-20-13-19-6-7-23-22(31(19,4)24(14-20)41-17(2)33)8-10-30(3)21(9-11-32(23,30)37)18-12-25(34)39-15-18;7-1-2-3(8)4(9)5(10)6(11)12-2/h12,16,19-24,26-29,35-37H,6-11,13-15H2,1-5H3;2-11H,1H2. The van der Waals surface area contributed by atoms with Crippen LogP contribution in [0.2, 0.25) is 0 Å². The molecule has 0 radical (unpaired) electrons. The number of rotatable bonds is 6. The zero-order chi connectivity index (χ0) is 39.5. The Morgan fingerprint density at radius 2 is 1.63 bits per heavy atom. The van der Waals surface area contributed by atoms with Crippen molar-refractivity contribution >= 4 is 11.9 Å². The van der Waals surface area contributed by atoms with Crippen molar-refractivity contribution in [1.29, 1.82) is 0 Å². The van der Waals surface area contributed by atoms with E-state index in [-0.39, 0.29) is 52.5 Å². The molecule has 0 bridgehead atoms. The van der Waals surface area contributed by atoms with Crippen LogP contribution in [0.3, 0.4) is 0 Å². The molecule has 3 heterocycles. The van der Waals surface area contributed by atoms with Crippen LogP contribution in [0, 0.1) is 34.5 Å². The molecule has 2 saturated heterocycles. The molecule has 8 N–H and O–H groups in total. The fourth-order valence-electron chi connectivity index (χ4n) is 11.5. The maximum Gasteiger partial charge on any atom is 0.331 e. The monoisotopic (exact) mass is 772 g/mol. The largest absolute Gasteiger partial charge is 0.462 e. The summed E-state index contributed by atoms with van der Waals surface area (Å²) in [5.41, 5.74) is -0.555. The Balaban J connectivity index is 0.000000354. The molecule has 16 nitrogen and oxygen atoms in total. The summed E-state index contributed by atoms with van der Waals surface area (Å²) < 4.78 is 33.5. The molecule has 19 unspecified atom stereocenters. The van der Waals surface area contributed by atoms with Gasteiger partial charge >= 0.3 is 11.9 Å². The van der Waals surface area contributed by atoms with Crippen LogP contribution >= 0.6 is 0 Å². The topological polar surface area (TPSA) is 251 Å². The molecule has 54 heavy (non-hydrogen) atoms. The highest BCUT2D eigenvalue weighted by Crippen LogP contribution is 2.70. The molecular weight excluding hydrogens is 712 g/mol. The van der Waals surface area contributed by atoms with Gasteiger partial charge in [-0.25, -0.2) is 4.79 Å². The highest BCUT2D eigenvalue weighted by Gasteiger charge is 2.69. The van der Waals surface area contributed by atoms with E-state index < -0.39 is 79.7 Å². The van der Waals surface area contributed by atoms with E-state index in [1.807, 2.05) is 0 Å². The second-order valence-corrected chi connectivity index (χ2v) is 17.1. The van der Waals surface area contributed by atoms with E-state index in [1.165, 1.54) is 14.0 Å². The molecule has 19 atom stereocenters. The van der Waals surface area contributed by atoms with Crippen molar-refractivity contribution in [1.82, 2.24) is 0 Å². The highest BCUT2D eigenvalue weighted by molar-refractivity contribution is 5.85. The van der Waals surface area contributed by atoms with Crippen molar-refractivity contribution in [2.24, 2.45) is 34.5 Å². The molecular formula is C38H60O16. The molecule has 308 valence electrons. The minimum atomic E-state index is -1.57. The third kappa shape index (κ3) is 7.06. The maximum atomic E-state index is 12.6. The number of hydrogen-bond donors (Lipinski definition) is 8. The van der Waals surface area contributed by atoms with Crippen molar-refractivity contribution in [3.63, 3.8) is 0 Å². The van der Waals surface area contributed by atoms with Crippen molar-refractivity contribution in [3.8, 4) is 0 Å². The van der Waals surface area contributed by atoms with Gasteiger partial charge in [0.25, 0.3) is 0 Å². The number of cyclic esters (lactones) is 1. The normalized spacial score (nSPS) is 51.4. The molecule has 0 aromatic carbocycles. The molecule has 0 aromatic rings. The van der Waals surface area contributed by atoms with Gasteiger partial charge in [-0.1, -0.05) is 13.8 Å². The molecule has 0 spiro atoms. The number of methoxy groups -OCH3 is 1. The Bertz CT molecular complexity index is 1390. The van der Waals surface area contributed by atoms with Crippen LogP contribution in [-0.4, -0.2) is 152 Å². The lowest BCUT2D eigenvalue weighted by molar-refractivity contribution is -0.318. The van der Waals surface area contributed by atoms with E-state index in [0.717, 1.165) is 44.1 Å². The quantitative estimate of drug-likeness (QED) is 0.124. The van der Waals surface area contributed by atoms with Crippen LogP contribution in [0.5, 0.6) is 0 Å². The molecule has 0 aromatic heterocycles. The Morgan fingerprint density at radius 3 is 2.26 bits per heavy atom. The van der Waals surface area contributed by atoms with E-state index in [4.69, 9.17) is 49.2 Å². The van der Waals surface area contributed by atoms with Gasteiger partial charge < -0.3 is 69.3 Å². The van der Waals surface area contributed by atoms with Crippen molar-refractivity contribution in [2.45, 2.75) is 158 Å². The molecule has 0 amide bonds. The molecule has 16 heteroatoms. The lowest BCUT2D eigenvalue weighted by Crippen LogP contribution is -2.66. The SMILES string of the molecule is COC1C(O)C(C)OC(OC2CC3CCC4C(CCC5(C)C(C6=CC(=O)OC6)CCC45O)C3(C)C(OC(C)=O)C2)C1O.OCC1OC(O)C(O)C(O)C1O. The van der Waals surface area contributed by atoms with E-state index in [1.54, 1.807) is 13.0 Å². The molecule has 7 aliphatic rings. The van der Waals surface area contributed by atoms with Crippen LogP contribution in [0.25, 0.3) is 0 Å². The summed E-state index contributed by atoms with van der Waals surface area (Å²) >= 11 is 0. The van der Waals surface area contributed by atoms with Crippen LogP contribution in [0.4, 0.5) is 0 Å². The fourth-order valence-corrected chi connectivity index (χ4v) is 11.5. The van der Waals surface area contributed by atoms with Gasteiger partial charge in [-0.15, -0.1) is 0 Å². The number of ether oxygens (including phenoxy) is 6. The van der Waals surface area contributed by atoms with Gasteiger partial charge in [-0.3, -0.25) is 4.79 Å². The smallest absolute Gasteiger partial charge is 0.331 e. The number of aliphatic hydroxyl groups is 8. The van der Waals surface area contributed by atoms with Gasteiger partial charge in [0.05, 0.1) is 24.4 Å². The first-order valence-corrected chi connectivity index (χ1v) is 19.4. The van der Waals surface area contributed by atoms with E-state index >= 15 is 0 Å². The number of aliphatic hydroxyl groups excluding tert-OH is 7. The van der Waals surface area contributed by atoms with Crippen LogP contribution < -0.4 is 0 Å². The van der Waals surface area contributed by atoms with Gasteiger partial charge in [0.1, 0.15) is 55.4 Å². The number of carbonyl (C=O) groups excluding carboxylic acids is 2. The van der Waals surface area contributed by atoms with Crippen LogP contribution in [0.1, 0.15) is 79.1 Å². The summed E-state index contributed by atoms with van der Waals surface area (Å²) in [5.74, 6) is -0.0945. The minimum absolute atomic E-state index is 0.0601. The molecule has 4 saturated carbocycles. The van der Waals surface area contributed by atoms with Gasteiger partial charge in [-0.05, 0) is 81.1 Å². The Hall–Kier alpha value is -1.80. The minimum Gasteiger partial charge on any atom is -0.462 e. The molecule has 7 rings (SSSR count). The van der Waals surface area contributed by atoms with E-state index in [0.29, 0.717) is 19.4 Å². The third-order valence-corrected chi connectivity index (χ3v) is 14.6. The zero-order valence-electron chi connectivity index (χ0n) is 31.7. The lowest BCUT2D eigenvalue weighted by atomic mass is 9.42. The van der Waals surface area contributed by atoms with Crippen LogP contribution in [-0.2, 0) is 38.0 Å². The zero-order valence-corrected chi connectivity index (χ0v) is 31.7. The Morgan fingerprint density at radius 1 is 0.907 bits per heavy atom. The Labute approximate surface area is 315 Å². The second-order valence-electron chi connectivity index (χ2n) is 17.1. The highest BCUT2D eigenvalue weighted by atomic mass is 16.7. The van der Waals surface area contributed by atoms with Gasteiger partial charge in [0.2, 0.25) is 0 Å². The molecule has 6 fully saturated rings. The van der Waals surface area contributed by atoms with Gasteiger partial charge in [-0.2, -0.15) is 0 Å². The summed E-state index contributed by atoms with van der Waals surface area (Å²) in [6, 6.07) is 0. The maximum absolute atomic E-state index is 12.6. The summed E-state index contributed by atoms with van der Waals surface area (Å²) in [5, 5.41) is 78.5. The number of esters is 2. The van der Waals surface area contributed by atoms with Crippen molar-refractivity contribution in [2.75, 3.05) is 20.3 Å². The average Bonchev–Trinajstić information content (AvgIpc) is 3.67. The van der Waals surface area contributed by atoms with Crippen LogP contribution in [0.15, 0.2) is 11.6 Å². The molecule has 4 aliphatic carbocycles. The van der Waals surface area contributed by atoms with E-state index in [2.05, 4.69) is 18.6 Å². The summed E-state index contributed by atoms with van der Waals surface area (Å²) in [4.78, 5) is 24.3. The summed E-state index contributed by atoms with van der Waals surface area (Å²) in [6.45, 7) is 7.41. The fraction of sp³-hybridized carbons (Fsp3) is 0.895. The molecule has 3 aliphatic heterocycles. The van der Waals surface area contributed by atoms with Crippen molar-refractivity contribution < 1.29 is 78.9 Å². The average molecular weight is 773 g/mol. The number of fused-ring (bicyclic) bond motifs is 5. The Kier molecular flexibility index (Phi) is 12.3. The second kappa shape index (κ2) is 15.9. The number of hydrogen-bond acceptors (Lipinski definition) is 16. The summed E-state index contributed by atoms with van der Waals surface area (Å²) in [7, 11) is 1.45.